The Bertz CT molecular complexity index is 494. The van der Waals surface area contributed by atoms with Crippen LogP contribution in [-0.2, 0) is 0 Å². The molecule has 0 saturated carbocycles. The van der Waals surface area contributed by atoms with Crippen LogP contribution in [0.1, 0.15) is 10.4 Å². The van der Waals surface area contributed by atoms with Crippen molar-refractivity contribution in [2.24, 2.45) is 0 Å². The van der Waals surface area contributed by atoms with Crippen LogP contribution in [0.25, 0.3) is 0 Å². The molecule has 6 heteroatoms. The molecule has 0 aliphatic heterocycles. The van der Waals surface area contributed by atoms with Gasteiger partial charge < -0.3 is 15.7 Å². The molecule has 1 aromatic rings. The highest BCUT2D eigenvalue weighted by atomic mass is 79.9. The van der Waals surface area contributed by atoms with Crippen molar-refractivity contribution in [1.82, 2.24) is 5.32 Å². The number of rotatable bonds is 3. The molecule has 0 heterocycles. The van der Waals surface area contributed by atoms with Crippen LogP contribution in [0, 0.1) is 12.3 Å². The molecule has 0 bridgehead atoms. The molecule has 5 nitrogen and oxygen atoms in total. The zero-order valence-corrected chi connectivity index (χ0v) is 10.2. The van der Waals surface area contributed by atoms with E-state index in [-0.39, 0.29) is 17.8 Å². The van der Waals surface area contributed by atoms with E-state index in [0.29, 0.717) is 4.47 Å². The van der Waals surface area contributed by atoms with Crippen LogP contribution in [0.4, 0.5) is 10.5 Å². The minimum absolute atomic E-state index is 0.00441. The summed E-state index contributed by atoms with van der Waals surface area (Å²) >= 11 is 3.17. The molecular weight excluding hydrogens is 288 g/mol. The van der Waals surface area contributed by atoms with Gasteiger partial charge in [-0.25, -0.2) is 9.59 Å². The van der Waals surface area contributed by atoms with Gasteiger partial charge >= 0.3 is 12.0 Å². The number of carboxylic acids is 1. The molecule has 0 radical (unpaired) electrons. The zero-order valence-electron chi connectivity index (χ0n) is 8.66. The third-order valence-corrected chi connectivity index (χ3v) is 2.49. The first-order valence-corrected chi connectivity index (χ1v) is 5.35. The van der Waals surface area contributed by atoms with Gasteiger partial charge in [-0.1, -0.05) is 12.0 Å². The van der Waals surface area contributed by atoms with Crippen LogP contribution in [0.15, 0.2) is 22.7 Å². The van der Waals surface area contributed by atoms with Crippen molar-refractivity contribution in [1.29, 1.82) is 0 Å². The average Bonchev–Trinajstić information content (AvgIpc) is 2.28. The lowest BCUT2D eigenvalue weighted by atomic mass is 10.2. The first-order chi connectivity index (χ1) is 8.06. The number of halogens is 1. The number of para-hydroxylation sites is 1. The van der Waals surface area contributed by atoms with E-state index >= 15 is 0 Å². The summed E-state index contributed by atoms with van der Waals surface area (Å²) in [7, 11) is 0. The first-order valence-electron chi connectivity index (χ1n) is 4.56. The van der Waals surface area contributed by atoms with E-state index in [4.69, 9.17) is 11.5 Å². The summed E-state index contributed by atoms with van der Waals surface area (Å²) in [6.07, 6.45) is 4.98. The van der Waals surface area contributed by atoms with Crippen LogP contribution in [0.5, 0.6) is 0 Å². The van der Waals surface area contributed by atoms with Crippen molar-refractivity contribution in [3.63, 3.8) is 0 Å². The molecule has 3 N–H and O–H groups in total. The van der Waals surface area contributed by atoms with Crippen molar-refractivity contribution in [2.75, 3.05) is 11.9 Å². The van der Waals surface area contributed by atoms with Crippen LogP contribution in [-0.4, -0.2) is 23.7 Å². The van der Waals surface area contributed by atoms with Crippen LogP contribution < -0.4 is 10.6 Å². The Labute approximate surface area is 106 Å². The van der Waals surface area contributed by atoms with Gasteiger partial charge in [0.1, 0.15) is 0 Å². The van der Waals surface area contributed by atoms with Gasteiger partial charge in [0.2, 0.25) is 0 Å². The largest absolute Gasteiger partial charge is 0.478 e. The third kappa shape index (κ3) is 3.50. The molecule has 0 spiro atoms. The van der Waals surface area contributed by atoms with E-state index in [1.165, 1.54) is 6.07 Å². The molecule has 1 aromatic carbocycles. The van der Waals surface area contributed by atoms with E-state index in [9.17, 15) is 9.59 Å². The summed E-state index contributed by atoms with van der Waals surface area (Å²) in [4.78, 5) is 22.3. The standard InChI is InChI=1S/C11H9BrN2O3/c1-2-6-13-11(17)14-9-7(10(15)16)4-3-5-8(9)12/h1,3-5H,6H2,(H,15,16)(H2,13,14,17). The monoisotopic (exact) mass is 296 g/mol. The summed E-state index contributed by atoms with van der Waals surface area (Å²) in [5.41, 5.74) is 0.185. The predicted octanol–water partition coefficient (Wildman–Crippen LogP) is 1.90. The maximum atomic E-state index is 11.4. The minimum atomic E-state index is -1.13. The molecule has 17 heavy (non-hydrogen) atoms. The van der Waals surface area contributed by atoms with E-state index < -0.39 is 12.0 Å². The number of nitrogens with one attached hydrogen (secondary N) is 2. The number of carboxylic acid groups (broad SMARTS) is 1. The summed E-state index contributed by atoms with van der Waals surface area (Å²) in [6.45, 7) is 0.0681. The molecule has 88 valence electrons. The Hall–Kier alpha value is -2.00. The highest BCUT2D eigenvalue weighted by molar-refractivity contribution is 9.10. The second-order valence-electron chi connectivity index (χ2n) is 2.98. The van der Waals surface area contributed by atoms with Gasteiger partial charge in [-0.05, 0) is 28.1 Å². The maximum Gasteiger partial charge on any atom is 0.337 e. The van der Waals surface area contributed by atoms with Crippen molar-refractivity contribution < 1.29 is 14.7 Å². The summed E-state index contributed by atoms with van der Waals surface area (Å²) in [6, 6.07) is 4.03. The second kappa shape index (κ2) is 5.92. The summed E-state index contributed by atoms with van der Waals surface area (Å²) in [5, 5.41) is 13.8. The lowest BCUT2D eigenvalue weighted by Gasteiger charge is -2.10. The molecule has 0 aliphatic carbocycles. The highest BCUT2D eigenvalue weighted by Gasteiger charge is 2.14. The van der Waals surface area contributed by atoms with Crippen LogP contribution in [0.3, 0.4) is 0 Å². The van der Waals surface area contributed by atoms with Gasteiger partial charge in [-0.3, -0.25) is 0 Å². The first kappa shape index (κ1) is 13.1. The van der Waals surface area contributed by atoms with E-state index in [0.717, 1.165) is 0 Å². The number of hydrogen-bond donors (Lipinski definition) is 3. The molecular formula is C11H9BrN2O3. The summed E-state index contributed by atoms with van der Waals surface area (Å²) < 4.78 is 0.480. The number of amides is 2. The summed E-state index contributed by atoms with van der Waals surface area (Å²) in [5.74, 6) is 1.11. The number of benzene rings is 1. The van der Waals surface area contributed by atoms with Gasteiger partial charge in [-0.2, -0.15) is 0 Å². The topological polar surface area (TPSA) is 78.4 Å². The molecule has 0 atom stereocenters. The van der Waals surface area contributed by atoms with E-state index in [2.05, 4.69) is 32.5 Å². The van der Waals surface area contributed by atoms with Gasteiger partial charge in [0, 0.05) is 4.47 Å². The van der Waals surface area contributed by atoms with Gasteiger partial charge in [-0.15, -0.1) is 6.42 Å². The third-order valence-electron chi connectivity index (χ3n) is 1.83. The quantitative estimate of drug-likeness (QED) is 0.746. The second-order valence-corrected chi connectivity index (χ2v) is 3.83. The van der Waals surface area contributed by atoms with Crippen molar-refractivity contribution in [3.8, 4) is 12.3 Å². The van der Waals surface area contributed by atoms with Gasteiger partial charge in [0.15, 0.2) is 0 Å². The van der Waals surface area contributed by atoms with Crippen molar-refractivity contribution in [2.45, 2.75) is 0 Å². The molecule has 0 unspecified atom stereocenters. The number of urea groups is 1. The van der Waals surface area contributed by atoms with Crippen LogP contribution >= 0.6 is 15.9 Å². The molecule has 0 fully saturated rings. The maximum absolute atomic E-state index is 11.4. The zero-order chi connectivity index (χ0) is 12.8. The lowest BCUT2D eigenvalue weighted by molar-refractivity contribution is 0.0698. The Morgan fingerprint density at radius 1 is 1.47 bits per heavy atom. The fourth-order valence-electron chi connectivity index (χ4n) is 1.12. The highest BCUT2D eigenvalue weighted by Crippen LogP contribution is 2.26. The van der Waals surface area contributed by atoms with Crippen LogP contribution in [0.2, 0.25) is 0 Å². The molecule has 0 aliphatic rings. The molecule has 2 amide bonds. The fourth-order valence-corrected chi connectivity index (χ4v) is 1.58. The SMILES string of the molecule is C#CCNC(=O)Nc1c(Br)cccc1C(=O)O. The number of hydrogen-bond acceptors (Lipinski definition) is 2. The number of carbonyl (C=O) groups is 2. The predicted molar refractivity (Wildman–Crippen MR) is 67.0 cm³/mol. The number of anilines is 1. The Balaban J connectivity index is 2.94. The van der Waals surface area contributed by atoms with Gasteiger partial charge in [0.25, 0.3) is 0 Å². The smallest absolute Gasteiger partial charge is 0.337 e. The fraction of sp³-hybridized carbons (Fsp3) is 0.0909. The van der Waals surface area contributed by atoms with Gasteiger partial charge in [0.05, 0.1) is 17.8 Å². The molecule has 1 rings (SSSR count). The van der Waals surface area contributed by atoms with Crippen molar-refractivity contribution in [3.05, 3.63) is 28.2 Å². The van der Waals surface area contributed by atoms with E-state index in [1.807, 2.05) is 0 Å². The van der Waals surface area contributed by atoms with Crippen molar-refractivity contribution >= 4 is 33.6 Å². The Kier molecular flexibility index (Phi) is 4.55. The number of aromatic carboxylic acids is 1. The minimum Gasteiger partial charge on any atom is -0.478 e. The lowest BCUT2D eigenvalue weighted by Crippen LogP contribution is -2.29. The normalized spacial score (nSPS) is 9.18. The Morgan fingerprint density at radius 2 is 2.18 bits per heavy atom. The van der Waals surface area contributed by atoms with E-state index in [1.54, 1.807) is 12.1 Å². The Morgan fingerprint density at radius 3 is 2.76 bits per heavy atom. The number of terminal acetylenes is 1. The number of carbonyl (C=O) groups excluding carboxylic acids is 1. The molecule has 0 saturated heterocycles. The molecule has 0 aromatic heterocycles. The average molecular weight is 297 g/mol.